The molecule has 3 N–H and O–H groups in total. The fourth-order valence-electron chi connectivity index (χ4n) is 3.41. The van der Waals surface area contributed by atoms with Crippen LogP contribution in [0.5, 0.6) is 0 Å². The summed E-state index contributed by atoms with van der Waals surface area (Å²) >= 11 is 0. The van der Waals surface area contributed by atoms with Gasteiger partial charge in [-0.25, -0.2) is 0 Å². The Morgan fingerprint density at radius 3 is 2.42 bits per heavy atom. The van der Waals surface area contributed by atoms with Gasteiger partial charge in [-0.3, -0.25) is 4.79 Å². The van der Waals surface area contributed by atoms with Gasteiger partial charge in [0.05, 0.1) is 12.5 Å². The van der Waals surface area contributed by atoms with Crippen molar-refractivity contribution >= 4 is 11.6 Å². The number of carbonyl (C=O) groups excluding carboxylic acids is 1. The summed E-state index contributed by atoms with van der Waals surface area (Å²) < 4.78 is 5.09. The second-order valence-electron chi connectivity index (χ2n) is 7.01. The van der Waals surface area contributed by atoms with Crippen LogP contribution in [0.25, 0.3) is 11.1 Å². The average molecular weight is 346 g/mol. The first-order chi connectivity index (χ1) is 12.6. The molecule has 0 saturated heterocycles. The number of rotatable bonds is 5. The van der Waals surface area contributed by atoms with Gasteiger partial charge in [-0.15, -0.1) is 0 Å². The van der Waals surface area contributed by atoms with Gasteiger partial charge in [0.25, 0.3) is 5.91 Å². The number of furan rings is 1. The lowest BCUT2D eigenvalue weighted by Gasteiger charge is -2.10. The van der Waals surface area contributed by atoms with Gasteiger partial charge in [0.15, 0.2) is 0 Å². The number of anilines is 1. The summed E-state index contributed by atoms with van der Waals surface area (Å²) in [6.07, 6.45) is 5.35. The highest BCUT2D eigenvalue weighted by Crippen LogP contribution is 2.51. The Kier molecular flexibility index (Phi) is 4.13. The van der Waals surface area contributed by atoms with E-state index in [-0.39, 0.29) is 11.4 Å². The SMILES string of the molecule is CCC1(N)CC1c1ccc(NC(=O)c2ccc(-c3ccoc3)cc2)cc1. The van der Waals surface area contributed by atoms with Crippen LogP contribution >= 0.6 is 0 Å². The van der Waals surface area contributed by atoms with E-state index in [2.05, 4.69) is 24.4 Å². The van der Waals surface area contributed by atoms with E-state index in [1.54, 1.807) is 12.5 Å². The molecule has 1 aliphatic rings. The first-order valence-corrected chi connectivity index (χ1v) is 8.92. The predicted molar refractivity (Wildman–Crippen MR) is 103 cm³/mol. The monoisotopic (exact) mass is 346 g/mol. The van der Waals surface area contributed by atoms with Crippen LogP contribution in [0, 0.1) is 0 Å². The van der Waals surface area contributed by atoms with Crippen molar-refractivity contribution in [1.82, 2.24) is 0 Å². The van der Waals surface area contributed by atoms with E-state index in [0.717, 1.165) is 29.7 Å². The molecule has 4 rings (SSSR count). The number of hydrogen-bond acceptors (Lipinski definition) is 3. The lowest BCUT2D eigenvalue weighted by molar-refractivity contribution is 0.102. The molecule has 1 saturated carbocycles. The van der Waals surface area contributed by atoms with Crippen molar-refractivity contribution in [2.45, 2.75) is 31.2 Å². The lowest BCUT2D eigenvalue weighted by atomic mass is 10.0. The van der Waals surface area contributed by atoms with Crippen LogP contribution in [0.3, 0.4) is 0 Å². The van der Waals surface area contributed by atoms with E-state index in [1.807, 2.05) is 42.5 Å². The zero-order valence-corrected chi connectivity index (χ0v) is 14.7. The zero-order chi connectivity index (χ0) is 18.1. The number of hydrogen-bond donors (Lipinski definition) is 2. The summed E-state index contributed by atoms with van der Waals surface area (Å²) in [6.45, 7) is 2.13. The molecule has 132 valence electrons. The van der Waals surface area contributed by atoms with Gasteiger partial charge < -0.3 is 15.5 Å². The van der Waals surface area contributed by atoms with Crippen molar-refractivity contribution < 1.29 is 9.21 Å². The molecule has 1 fully saturated rings. The van der Waals surface area contributed by atoms with Gasteiger partial charge in [0.2, 0.25) is 0 Å². The summed E-state index contributed by atoms with van der Waals surface area (Å²) in [5.41, 5.74) is 10.9. The standard InChI is InChI=1S/C22H22N2O2/c1-2-22(23)13-20(22)16-7-9-19(10-8-16)24-21(25)17-5-3-15(4-6-17)18-11-12-26-14-18/h3-12,14,20H,2,13,23H2,1H3,(H,24,25). The predicted octanol–water partition coefficient (Wildman–Crippen LogP) is 4.79. The second kappa shape index (κ2) is 6.46. The van der Waals surface area contributed by atoms with E-state index in [4.69, 9.17) is 10.2 Å². The largest absolute Gasteiger partial charge is 0.472 e. The van der Waals surface area contributed by atoms with Gasteiger partial charge in [0.1, 0.15) is 0 Å². The molecule has 2 atom stereocenters. The molecule has 2 aromatic carbocycles. The van der Waals surface area contributed by atoms with Crippen LogP contribution in [-0.2, 0) is 0 Å². The molecule has 0 radical (unpaired) electrons. The molecule has 2 unspecified atom stereocenters. The molecule has 1 aliphatic carbocycles. The molecular weight excluding hydrogens is 324 g/mol. The molecule has 1 aromatic heterocycles. The molecule has 1 heterocycles. The van der Waals surface area contributed by atoms with Crippen molar-refractivity contribution in [3.8, 4) is 11.1 Å². The minimum atomic E-state index is -0.121. The van der Waals surface area contributed by atoms with Gasteiger partial charge in [-0.05, 0) is 54.3 Å². The van der Waals surface area contributed by atoms with E-state index in [9.17, 15) is 4.79 Å². The smallest absolute Gasteiger partial charge is 0.255 e. The summed E-state index contributed by atoms with van der Waals surface area (Å²) in [5.74, 6) is 0.317. The molecule has 0 bridgehead atoms. The molecular formula is C22H22N2O2. The molecule has 0 spiro atoms. The third kappa shape index (κ3) is 3.16. The van der Waals surface area contributed by atoms with E-state index < -0.39 is 0 Å². The van der Waals surface area contributed by atoms with E-state index in [0.29, 0.717) is 11.5 Å². The van der Waals surface area contributed by atoms with Crippen LogP contribution < -0.4 is 11.1 Å². The average Bonchev–Trinajstić information content (AvgIpc) is 3.08. The molecule has 4 heteroatoms. The number of amides is 1. The van der Waals surface area contributed by atoms with Gasteiger partial charge in [0, 0.05) is 28.3 Å². The van der Waals surface area contributed by atoms with Crippen LogP contribution in [0.4, 0.5) is 5.69 Å². The molecule has 1 amide bonds. The molecule has 4 nitrogen and oxygen atoms in total. The van der Waals surface area contributed by atoms with Gasteiger partial charge in [-0.2, -0.15) is 0 Å². The number of nitrogens with one attached hydrogen (secondary N) is 1. The Labute approximate surface area is 153 Å². The summed E-state index contributed by atoms with van der Waals surface area (Å²) in [6, 6.07) is 17.4. The Hall–Kier alpha value is -2.85. The number of carbonyl (C=O) groups is 1. The summed E-state index contributed by atoms with van der Waals surface area (Å²) in [7, 11) is 0. The maximum absolute atomic E-state index is 12.4. The summed E-state index contributed by atoms with van der Waals surface area (Å²) in [5, 5.41) is 2.94. The van der Waals surface area contributed by atoms with Gasteiger partial charge in [-0.1, -0.05) is 31.2 Å². The van der Waals surface area contributed by atoms with Crippen molar-refractivity contribution in [2.24, 2.45) is 5.73 Å². The first-order valence-electron chi connectivity index (χ1n) is 8.92. The highest BCUT2D eigenvalue weighted by atomic mass is 16.3. The Balaban J connectivity index is 1.42. The van der Waals surface area contributed by atoms with Crippen LogP contribution in [0.2, 0.25) is 0 Å². The highest BCUT2D eigenvalue weighted by molar-refractivity contribution is 6.04. The molecule has 0 aliphatic heterocycles. The van der Waals surface area contributed by atoms with Crippen molar-refractivity contribution in [3.63, 3.8) is 0 Å². The second-order valence-corrected chi connectivity index (χ2v) is 7.01. The number of benzene rings is 2. The summed E-state index contributed by atoms with van der Waals surface area (Å²) in [4.78, 5) is 12.4. The Morgan fingerprint density at radius 2 is 1.85 bits per heavy atom. The Morgan fingerprint density at radius 1 is 1.12 bits per heavy atom. The number of nitrogens with two attached hydrogens (primary N) is 1. The third-order valence-electron chi connectivity index (χ3n) is 5.35. The fraction of sp³-hybridized carbons (Fsp3) is 0.227. The first kappa shape index (κ1) is 16.6. The van der Waals surface area contributed by atoms with Crippen LogP contribution in [0.15, 0.2) is 71.5 Å². The zero-order valence-electron chi connectivity index (χ0n) is 14.7. The minimum Gasteiger partial charge on any atom is -0.472 e. The lowest BCUT2D eigenvalue weighted by Crippen LogP contribution is -2.22. The minimum absolute atomic E-state index is 0.0402. The van der Waals surface area contributed by atoms with Gasteiger partial charge >= 0.3 is 0 Å². The van der Waals surface area contributed by atoms with Crippen molar-refractivity contribution in [2.75, 3.05) is 5.32 Å². The maximum atomic E-state index is 12.4. The Bertz CT molecular complexity index is 898. The quantitative estimate of drug-likeness (QED) is 0.697. The van der Waals surface area contributed by atoms with E-state index >= 15 is 0 Å². The fourth-order valence-corrected chi connectivity index (χ4v) is 3.41. The molecule has 3 aromatic rings. The maximum Gasteiger partial charge on any atom is 0.255 e. The topological polar surface area (TPSA) is 68.3 Å². The normalized spacial score (nSPS) is 21.4. The van der Waals surface area contributed by atoms with Crippen LogP contribution in [-0.4, -0.2) is 11.4 Å². The third-order valence-corrected chi connectivity index (χ3v) is 5.35. The van der Waals surface area contributed by atoms with E-state index in [1.165, 1.54) is 5.56 Å². The van der Waals surface area contributed by atoms with Crippen molar-refractivity contribution in [3.05, 3.63) is 78.3 Å². The highest BCUT2D eigenvalue weighted by Gasteiger charge is 2.49. The van der Waals surface area contributed by atoms with Crippen molar-refractivity contribution in [1.29, 1.82) is 0 Å². The molecule has 26 heavy (non-hydrogen) atoms. The van der Waals surface area contributed by atoms with Crippen LogP contribution in [0.1, 0.15) is 41.6 Å².